The quantitative estimate of drug-likeness (QED) is 0.776. The van der Waals surface area contributed by atoms with E-state index in [1.165, 1.54) is 23.8 Å². The molecule has 102 valence electrons. The first kappa shape index (κ1) is 13.8. The van der Waals surface area contributed by atoms with Crippen molar-refractivity contribution in [2.75, 3.05) is 13.4 Å². The fourth-order valence-corrected chi connectivity index (χ4v) is 2.47. The van der Waals surface area contributed by atoms with Crippen LogP contribution in [0, 0.1) is 0 Å². The van der Waals surface area contributed by atoms with E-state index in [-0.39, 0.29) is 27.8 Å². The lowest BCUT2D eigenvalue weighted by atomic mass is 10.3. The zero-order valence-electron chi connectivity index (χ0n) is 10.1. The summed E-state index contributed by atoms with van der Waals surface area (Å²) in [6, 6.07) is 1.39. The number of hydrogen-bond acceptors (Lipinski definition) is 6. The summed E-state index contributed by atoms with van der Waals surface area (Å²) in [4.78, 5) is 11.5. The average molecular weight is 304 g/mol. The number of fused-ring (bicyclic) bond motifs is 1. The zero-order chi connectivity index (χ0) is 14.2. The van der Waals surface area contributed by atoms with E-state index >= 15 is 0 Å². The van der Waals surface area contributed by atoms with Crippen LogP contribution in [0.2, 0.25) is 5.02 Å². The van der Waals surface area contributed by atoms with E-state index in [1.807, 2.05) is 0 Å². The van der Waals surface area contributed by atoms with Crippen LogP contribution >= 0.6 is 11.6 Å². The molecule has 0 bridgehead atoms. The molecule has 19 heavy (non-hydrogen) atoms. The molecule has 2 aromatic rings. The van der Waals surface area contributed by atoms with E-state index in [1.54, 1.807) is 0 Å². The van der Waals surface area contributed by atoms with Crippen molar-refractivity contribution in [3.8, 4) is 0 Å². The summed E-state index contributed by atoms with van der Waals surface area (Å²) < 4.78 is 28.6. The maximum absolute atomic E-state index is 11.5. The summed E-state index contributed by atoms with van der Waals surface area (Å²) in [6.07, 6.45) is 2.48. The van der Waals surface area contributed by atoms with Gasteiger partial charge in [-0.25, -0.2) is 13.2 Å². The standard InChI is InChI=1S/C10H10ClN3O4S/c1-18-10(15)6-3-7(11)9-13-12-8(14(9)4-6)5-19(2,16)17/h3-4H,5H2,1-2H3. The van der Waals surface area contributed by atoms with Gasteiger partial charge in [-0.1, -0.05) is 11.6 Å². The molecule has 0 atom stereocenters. The molecule has 0 amide bonds. The Hall–Kier alpha value is -1.67. The number of pyridine rings is 1. The molecule has 7 nitrogen and oxygen atoms in total. The molecule has 2 heterocycles. The molecule has 0 aliphatic rings. The van der Waals surface area contributed by atoms with Gasteiger partial charge in [-0.2, -0.15) is 0 Å². The lowest BCUT2D eigenvalue weighted by Crippen LogP contribution is -2.07. The Balaban J connectivity index is 2.63. The Kier molecular flexibility index (Phi) is 3.46. The van der Waals surface area contributed by atoms with Gasteiger partial charge in [0.1, 0.15) is 5.75 Å². The highest BCUT2D eigenvalue weighted by Crippen LogP contribution is 2.19. The summed E-state index contributed by atoms with van der Waals surface area (Å²) in [7, 11) is -2.03. The second-order valence-electron chi connectivity index (χ2n) is 3.95. The molecule has 0 saturated carbocycles. The third-order valence-corrected chi connectivity index (χ3v) is 3.40. The number of esters is 1. The highest BCUT2D eigenvalue weighted by Gasteiger charge is 2.16. The molecule has 0 aliphatic heterocycles. The molecule has 0 fully saturated rings. The van der Waals surface area contributed by atoms with Gasteiger partial charge in [0, 0.05) is 12.5 Å². The Morgan fingerprint density at radius 3 is 2.74 bits per heavy atom. The number of nitrogens with zero attached hydrogens (tertiary/aromatic N) is 3. The van der Waals surface area contributed by atoms with Gasteiger partial charge in [-0.3, -0.25) is 4.40 Å². The van der Waals surface area contributed by atoms with Gasteiger partial charge in [0.25, 0.3) is 0 Å². The van der Waals surface area contributed by atoms with Crippen LogP contribution in [0.3, 0.4) is 0 Å². The minimum Gasteiger partial charge on any atom is -0.465 e. The molecule has 0 saturated heterocycles. The average Bonchev–Trinajstić information content (AvgIpc) is 2.70. The predicted octanol–water partition coefficient (Wildman–Crippen LogP) is 0.714. The number of halogens is 1. The first-order valence-corrected chi connectivity index (χ1v) is 7.55. The van der Waals surface area contributed by atoms with Crippen molar-refractivity contribution in [3.63, 3.8) is 0 Å². The van der Waals surface area contributed by atoms with E-state index in [0.717, 1.165) is 6.26 Å². The second-order valence-corrected chi connectivity index (χ2v) is 6.50. The molecule has 2 aromatic heterocycles. The van der Waals surface area contributed by atoms with Gasteiger partial charge >= 0.3 is 5.97 Å². The fraction of sp³-hybridized carbons (Fsp3) is 0.300. The lowest BCUT2D eigenvalue weighted by molar-refractivity contribution is 0.0600. The van der Waals surface area contributed by atoms with Gasteiger partial charge in [0.2, 0.25) is 0 Å². The third kappa shape index (κ3) is 2.85. The predicted molar refractivity (Wildman–Crippen MR) is 67.9 cm³/mol. The number of methoxy groups -OCH3 is 1. The number of carbonyl (C=O) groups excluding carboxylic acids is 1. The summed E-state index contributed by atoms with van der Waals surface area (Å²) in [5.41, 5.74) is 0.475. The molecule has 0 unspecified atom stereocenters. The van der Waals surface area contributed by atoms with Crippen LogP contribution in [0.5, 0.6) is 0 Å². The van der Waals surface area contributed by atoms with E-state index in [0.29, 0.717) is 0 Å². The maximum atomic E-state index is 11.5. The lowest BCUT2D eigenvalue weighted by Gasteiger charge is -2.03. The number of hydrogen-bond donors (Lipinski definition) is 0. The van der Waals surface area contributed by atoms with Crippen LogP contribution in [0.4, 0.5) is 0 Å². The molecule has 0 radical (unpaired) electrons. The Morgan fingerprint density at radius 1 is 1.47 bits per heavy atom. The van der Waals surface area contributed by atoms with Crippen molar-refractivity contribution < 1.29 is 17.9 Å². The molecule has 2 rings (SSSR count). The van der Waals surface area contributed by atoms with Crippen molar-refractivity contribution in [2.24, 2.45) is 0 Å². The zero-order valence-corrected chi connectivity index (χ0v) is 11.7. The highest BCUT2D eigenvalue weighted by atomic mass is 35.5. The molecular weight excluding hydrogens is 294 g/mol. The molecule has 0 aromatic carbocycles. The molecule has 9 heteroatoms. The van der Waals surface area contributed by atoms with Gasteiger partial charge in [0.05, 0.1) is 17.7 Å². The molecule has 0 N–H and O–H groups in total. The third-order valence-electron chi connectivity index (χ3n) is 2.34. The minimum absolute atomic E-state index is 0.185. The Labute approximate surface area is 114 Å². The molecule has 0 aliphatic carbocycles. The molecular formula is C10H10ClN3O4S. The molecule has 0 spiro atoms. The maximum Gasteiger partial charge on any atom is 0.339 e. The van der Waals surface area contributed by atoms with Crippen LogP contribution in [-0.4, -0.2) is 42.4 Å². The number of sulfone groups is 1. The van der Waals surface area contributed by atoms with Crippen molar-refractivity contribution in [1.29, 1.82) is 0 Å². The Morgan fingerprint density at radius 2 is 2.16 bits per heavy atom. The van der Waals surface area contributed by atoms with Crippen LogP contribution < -0.4 is 0 Å². The van der Waals surface area contributed by atoms with Crippen molar-refractivity contribution >= 4 is 33.1 Å². The van der Waals surface area contributed by atoms with Crippen LogP contribution in [-0.2, 0) is 20.3 Å². The number of carbonyl (C=O) groups is 1. The number of rotatable bonds is 3. The van der Waals surface area contributed by atoms with E-state index < -0.39 is 15.8 Å². The summed E-state index contributed by atoms with van der Waals surface area (Å²) in [5.74, 6) is -0.692. The van der Waals surface area contributed by atoms with Crippen LogP contribution in [0.1, 0.15) is 16.2 Å². The van der Waals surface area contributed by atoms with Gasteiger partial charge < -0.3 is 4.74 Å². The minimum atomic E-state index is -3.27. The van der Waals surface area contributed by atoms with Crippen LogP contribution in [0.15, 0.2) is 12.3 Å². The van der Waals surface area contributed by atoms with Crippen LogP contribution in [0.25, 0.3) is 5.65 Å². The first-order valence-electron chi connectivity index (χ1n) is 5.11. The monoisotopic (exact) mass is 303 g/mol. The Bertz CT molecular complexity index is 753. The van der Waals surface area contributed by atoms with E-state index in [9.17, 15) is 13.2 Å². The fourth-order valence-electron chi connectivity index (χ4n) is 1.56. The van der Waals surface area contributed by atoms with Gasteiger partial charge in [-0.05, 0) is 6.07 Å². The van der Waals surface area contributed by atoms with E-state index in [2.05, 4.69) is 14.9 Å². The van der Waals surface area contributed by atoms with Crippen molar-refractivity contribution in [2.45, 2.75) is 5.75 Å². The summed E-state index contributed by atoms with van der Waals surface area (Å²) in [6.45, 7) is 0. The number of aromatic nitrogens is 3. The number of ether oxygens (including phenoxy) is 1. The van der Waals surface area contributed by atoms with Crippen molar-refractivity contribution in [3.05, 3.63) is 28.7 Å². The summed E-state index contributed by atoms with van der Waals surface area (Å²) >= 11 is 5.97. The topological polar surface area (TPSA) is 90.6 Å². The smallest absolute Gasteiger partial charge is 0.339 e. The normalized spacial score (nSPS) is 11.7. The van der Waals surface area contributed by atoms with E-state index in [4.69, 9.17) is 11.6 Å². The largest absolute Gasteiger partial charge is 0.465 e. The highest BCUT2D eigenvalue weighted by molar-refractivity contribution is 7.89. The van der Waals surface area contributed by atoms with Gasteiger partial charge in [0.15, 0.2) is 21.3 Å². The van der Waals surface area contributed by atoms with Gasteiger partial charge in [-0.15, -0.1) is 10.2 Å². The van der Waals surface area contributed by atoms with Crippen molar-refractivity contribution in [1.82, 2.24) is 14.6 Å². The second kappa shape index (κ2) is 4.78. The SMILES string of the molecule is COC(=O)c1cc(Cl)c2nnc(CS(C)(=O)=O)n2c1. The first-order chi connectivity index (χ1) is 8.81. The summed E-state index contributed by atoms with van der Waals surface area (Å²) in [5, 5.41) is 7.75.